The Labute approximate surface area is 143 Å². The number of aryl methyl sites for hydroxylation is 1. The Morgan fingerprint density at radius 2 is 2.00 bits per heavy atom. The fourth-order valence-corrected chi connectivity index (χ4v) is 2.93. The van der Waals surface area contributed by atoms with Gasteiger partial charge in [-0.1, -0.05) is 36.8 Å². The number of nitrogens with zero attached hydrogens (tertiary/aromatic N) is 4. The van der Waals surface area contributed by atoms with Gasteiger partial charge in [-0.2, -0.15) is 0 Å². The minimum Gasteiger partial charge on any atom is -0.357 e. The summed E-state index contributed by atoms with van der Waals surface area (Å²) in [7, 11) is 0. The lowest BCUT2D eigenvalue weighted by molar-refractivity contribution is 0.596. The first kappa shape index (κ1) is 16.5. The maximum Gasteiger partial charge on any atom is 0.191 e. The van der Waals surface area contributed by atoms with Crippen LogP contribution in [0.15, 0.2) is 35.3 Å². The molecule has 0 radical (unpaired) electrons. The molecular weight excluding hydrogens is 300 g/mol. The third kappa shape index (κ3) is 4.34. The zero-order valence-electron chi connectivity index (χ0n) is 14.3. The van der Waals surface area contributed by atoms with E-state index < -0.39 is 0 Å². The third-order valence-corrected chi connectivity index (χ3v) is 4.21. The minimum atomic E-state index is 0.646. The van der Waals surface area contributed by atoms with Crippen LogP contribution in [0.3, 0.4) is 0 Å². The van der Waals surface area contributed by atoms with Gasteiger partial charge in [0.1, 0.15) is 5.82 Å². The zero-order chi connectivity index (χ0) is 16.6. The Balaban J connectivity index is 1.63. The molecule has 0 spiro atoms. The van der Waals surface area contributed by atoms with Crippen molar-refractivity contribution in [1.29, 1.82) is 0 Å². The van der Waals surface area contributed by atoms with Crippen LogP contribution in [-0.4, -0.2) is 27.3 Å². The van der Waals surface area contributed by atoms with Crippen molar-refractivity contribution in [3.05, 3.63) is 47.5 Å². The fourth-order valence-electron chi connectivity index (χ4n) is 2.93. The van der Waals surface area contributed by atoms with E-state index >= 15 is 0 Å². The fraction of sp³-hybridized carbons (Fsp3) is 0.500. The van der Waals surface area contributed by atoms with Crippen molar-refractivity contribution in [2.24, 2.45) is 4.99 Å². The summed E-state index contributed by atoms with van der Waals surface area (Å²) >= 11 is 0. The minimum absolute atomic E-state index is 0.646. The number of nitrogens with one attached hydrogen (secondary N) is 2. The van der Waals surface area contributed by atoms with E-state index in [1.54, 1.807) is 0 Å². The molecule has 0 saturated heterocycles. The van der Waals surface area contributed by atoms with E-state index in [0.29, 0.717) is 13.1 Å². The number of hydrogen-bond donors (Lipinski definition) is 2. The molecule has 6 nitrogen and oxygen atoms in total. The second kappa shape index (κ2) is 8.47. The highest BCUT2D eigenvalue weighted by atomic mass is 15.3. The molecule has 3 rings (SSSR count). The van der Waals surface area contributed by atoms with E-state index in [1.807, 2.05) is 18.2 Å². The molecule has 0 saturated carbocycles. The standard InChI is InChI=1S/C18H26N6/c1-2-19-18(20-13-15-9-5-3-6-10-15)21-14-17-23-22-16-11-7-4-8-12-24(16)17/h3,5-6,9-10H,2,4,7-8,11-14H2,1H3,(H2,19,20,21). The van der Waals surface area contributed by atoms with Crippen LogP contribution in [0.25, 0.3) is 0 Å². The number of benzene rings is 1. The molecule has 0 bridgehead atoms. The van der Waals surface area contributed by atoms with Gasteiger partial charge in [0.2, 0.25) is 0 Å². The predicted molar refractivity (Wildman–Crippen MR) is 95.7 cm³/mol. The largest absolute Gasteiger partial charge is 0.357 e. The molecule has 2 N–H and O–H groups in total. The molecule has 6 heteroatoms. The highest BCUT2D eigenvalue weighted by Gasteiger charge is 2.14. The average Bonchev–Trinajstić information content (AvgIpc) is 2.85. The molecule has 2 aromatic rings. The summed E-state index contributed by atoms with van der Waals surface area (Å²) in [6.07, 6.45) is 4.74. The normalized spacial score (nSPS) is 14.8. The van der Waals surface area contributed by atoms with Gasteiger partial charge in [0.15, 0.2) is 11.8 Å². The lowest BCUT2D eigenvalue weighted by Gasteiger charge is -2.12. The molecule has 1 aromatic heterocycles. The highest BCUT2D eigenvalue weighted by Crippen LogP contribution is 2.14. The first-order valence-corrected chi connectivity index (χ1v) is 8.84. The van der Waals surface area contributed by atoms with Gasteiger partial charge in [-0.3, -0.25) is 0 Å². The molecule has 128 valence electrons. The molecule has 0 amide bonds. The molecule has 2 heterocycles. The summed E-state index contributed by atoms with van der Waals surface area (Å²) in [4.78, 5) is 4.65. The van der Waals surface area contributed by atoms with Crippen LogP contribution in [0.1, 0.15) is 43.4 Å². The lowest BCUT2D eigenvalue weighted by atomic mass is 10.2. The molecule has 24 heavy (non-hydrogen) atoms. The Hall–Kier alpha value is -2.37. The highest BCUT2D eigenvalue weighted by molar-refractivity contribution is 5.79. The average molecular weight is 326 g/mol. The van der Waals surface area contributed by atoms with Crippen LogP contribution in [0.2, 0.25) is 0 Å². The van der Waals surface area contributed by atoms with E-state index in [1.165, 1.54) is 24.8 Å². The van der Waals surface area contributed by atoms with Crippen molar-refractivity contribution in [3.8, 4) is 0 Å². The number of rotatable bonds is 5. The maximum absolute atomic E-state index is 4.65. The van der Waals surface area contributed by atoms with Crippen molar-refractivity contribution >= 4 is 5.96 Å². The Kier molecular flexibility index (Phi) is 5.82. The van der Waals surface area contributed by atoms with E-state index in [9.17, 15) is 0 Å². The summed E-state index contributed by atoms with van der Waals surface area (Å²) in [5.41, 5.74) is 1.20. The lowest BCUT2D eigenvalue weighted by Crippen LogP contribution is -2.37. The van der Waals surface area contributed by atoms with Crippen LogP contribution in [-0.2, 0) is 26.1 Å². The molecule has 0 unspecified atom stereocenters. The van der Waals surface area contributed by atoms with Gasteiger partial charge in [-0.05, 0) is 25.3 Å². The number of fused-ring (bicyclic) bond motifs is 1. The summed E-state index contributed by atoms with van der Waals surface area (Å²) in [6, 6.07) is 10.3. The molecule has 1 aliphatic rings. The molecule has 1 aliphatic heterocycles. The first-order valence-electron chi connectivity index (χ1n) is 8.84. The van der Waals surface area contributed by atoms with Crippen LogP contribution >= 0.6 is 0 Å². The van der Waals surface area contributed by atoms with E-state index in [4.69, 9.17) is 0 Å². The molecule has 0 aliphatic carbocycles. The van der Waals surface area contributed by atoms with E-state index in [2.05, 4.69) is 49.4 Å². The number of aliphatic imine (C=N–C) groups is 1. The van der Waals surface area contributed by atoms with Crippen LogP contribution in [0.5, 0.6) is 0 Å². The van der Waals surface area contributed by atoms with Gasteiger partial charge in [0.25, 0.3) is 0 Å². The van der Waals surface area contributed by atoms with Gasteiger partial charge in [-0.25, -0.2) is 4.99 Å². The first-order chi connectivity index (χ1) is 11.9. The van der Waals surface area contributed by atoms with Crippen molar-refractivity contribution in [1.82, 2.24) is 25.4 Å². The topological polar surface area (TPSA) is 67.1 Å². The van der Waals surface area contributed by atoms with Crippen LogP contribution in [0, 0.1) is 0 Å². The second-order valence-corrected chi connectivity index (χ2v) is 6.03. The van der Waals surface area contributed by atoms with Gasteiger partial charge >= 0.3 is 0 Å². The molecule has 0 fully saturated rings. The van der Waals surface area contributed by atoms with E-state index in [0.717, 1.165) is 37.1 Å². The van der Waals surface area contributed by atoms with Gasteiger partial charge < -0.3 is 15.2 Å². The SMILES string of the molecule is CCNC(=NCc1ccccc1)NCc1nnc2n1CCCCC2. The third-order valence-electron chi connectivity index (χ3n) is 4.21. The van der Waals surface area contributed by atoms with Crippen LogP contribution in [0.4, 0.5) is 0 Å². The summed E-state index contributed by atoms with van der Waals surface area (Å²) in [5.74, 6) is 2.93. The Morgan fingerprint density at radius 1 is 1.12 bits per heavy atom. The quantitative estimate of drug-likeness (QED) is 0.653. The van der Waals surface area contributed by atoms with Crippen LogP contribution < -0.4 is 10.6 Å². The van der Waals surface area contributed by atoms with Gasteiger partial charge in [0, 0.05) is 19.5 Å². The zero-order valence-corrected chi connectivity index (χ0v) is 14.3. The molecular formula is C18H26N6. The van der Waals surface area contributed by atoms with Crippen molar-refractivity contribution in [3.63, 3.8) is 0 Å². The van der Waals surface area contributed by atoms with Crippen molar-refractivity contribution in [2.45, 2.75) is 52.2 Å². The Morgan fingerprint density at radius 3 is 2.83 bits per heavy atom. The number of guanidine groups is 1. The summed E-state index contributed by atoms with van der Waals surface area (Å²) in [6.45, 7) is 5.24. The number of aromatic nitrogens is 3. The smallest absolute Gasteiger partial charge is 0.191 e. The summed E-state index contributed by atoms with van der Waals surface area (Å²) < 4.78 is 2.26. The van der Waals surface area contributed by atoms with Crippen molar-refractivity contribution < 1.29 is 0 Å². The maximum atomic E-state index is 4.65. The second-order valence-electron chi connectivity index (χ2n) is 6.03. The number of hydrogen-bond acceptors (Lipinski definition) is 3. The van der Waals surface area contributed by atoms with Gasteiger partial charge in [0.05, 0.1) is 13.1 Å². The van der Waals surface area contributed by atoms with Gasteiger partial charge in [-0.15, -0.1) is 10.2 Å². The summed E-state index contributed by atoms with van der Waals surface area (Å²) in [5, 5.41) is 15.4. The molecule has 0 atom stereocenters. The predicted octanol–water partition coefficient (Wildman–Crippen LogP) is 2.26. The van der Waals surface area contributed by atoms with E-state index in [-0.39, 0.29) is 0 Å². The Bertz CT molecular complexity index is 661. The van der Waals surface area contributed by atoms with Crippen molar-refractivity contribution in [2.75, 3.05) is 6.54 Å². The molecule has 1 aromatic carbocycles. The monoisotopic (exact) mass is 326 g/mol.